The molecule has 0 aromatic heterocycles. The molecule has 98 valence electrons. The van der Waals surface area contributed by atoms with Crippen molar-refractivity contribution in [2.24, 2.45) is 0 Å². The minimum atomic E-state index is 0.138. The zero-order valence-corrected chi connectivity index (χ0v) is 10.7. The van der Waals surface area contributed by atoms with E-state index in [0.717, 1.165) is 37.2 Å². The van der Waals surface area contributed by atoms with Gasteiger partial charge < -0.3 is 15.4 Å². The van der Waals surface area contributed by atoms with E-state index in [4.69, 9.17) is 4.74 Å². The highest BCUT2D eigenvalue weighted by Gasteiger charge is 2.16. The van der Waals surface area contributed by atoms with Crippen LogP contribution >= 0.6 is 0 Å². The Morgan fingerprint density at radius 3 is 2.83 bits per heavy atom. The van der Waals surface area contributed by atoms with Crippen molar-refractivity contribution < 1.29 is 9.53 Å². The Balaban J connectivity index is 1.74. The number of methoxy groups -OCH3 is 1. The number of carbonyl (C=O) groups is 1. The van der Waals surface area contributed by atoms with Crippen LogP contribution in [0.15, 0.2) is 24.3 Å². The Hall–Kier alpha value is -1.55. The molecule has 0 spiro atoms. The Kier molecular flexibility index (Phi) is 4.59. The van der Waals surface area contributed by atoms with E-state index >= 15 is 0 Å². The number of carbonyl (C=O) groups excluding carboxylic acids is 1. The van der Waals surface area contributed by atoms with Gasteiger partial charge in [-0.2, -0.15) is 0 Å². The summed E-state index contributed by atoms with van der Waals surface area (Å²) in [5, 5.41) is 6.28. The Bertz CT molecular complexity index is 383. The molecule has 1 atom stereocenters. The van der Waals surface area contributed by atoms with Gasteiger partial charge in [-0.15, -0.1) is 0 Å². The molecule has 4 nitrogen and oxygen atoms in total. The normalized spacial score (nSPS) is 18.6. The minimum Gasteiger partial charge on any atom is -0.497 e. The van der Waals surface area contributed by atoms with Crippen LogP contribution in [0, 0.1) is 0 Å². The number of hydrogen-bond donors (Lipinski definition) is 2. The molecule has 2 N–H and O–H groups in total. The van der Waals surface area contributed by atoms with Crippen molar-refractivity contribution in [1.29, 1.82) is 0 Å². The number of amides is 1. The van der Waals surface area contributed by atoms with Crippen LogP contribution in [0.1, 0.15) is 18.4 Å². The molecular formula is C14H20N2O2. The lowest BCUT2D eigenvalue weighted by Gasteiger charge is -2.11. The maximum absolute atomic E-state index is 11.7. The third kappa shape index (κ3) is 3.74. The van der Waals surface area contributed by atoms with E-state index in [9.17, 15) is 4.79 Å². The molecule has 1 aromatic carbocycles. The van der Waals surface area contributed by atoms with Gasteiger partial charge in [-0.3, -0.25) is 4.79 Å². The zero-order chi connectivity index (χ0) is 12.8. The number of benzene rings is 1. The van der Waals surface area contributed by atoms with E-state index < -0.39 is 0 Å². The van der Waals surface area contributed by atoms with Gasteiger partial charge in [0, 0.05) is 19.0 Å². The monoisotopic (exact) mass is 248 g/mol. The van der Waals surface area contributed by atoms with Crippen molar-refractivity contribution >= 4 is 5.91 Å². The highest BCUT2D eigenvalue weighted by atomic mass is 16.5. The van der Waals surface area contributed by atoms with Crippen LogP contribution in [-0.2, 0) is 11.2 Å². The van der Waals surface area contributed by atoms with Gasteiger partial charge in [0.2, 0.25) is 5.91 Å². The second-order valence-electron chi connectivity index (χ2n) is 4.61. The predicted octanol–water partition coefficient (Wildman–Crippen LogP) is 1.11. The van der Waals surface area contributed by atoms with Gasteiger partial charge >= 0.3 is 0 Å². The number of ether oxygens (including phenoxy) is 1. The van der Waals surface area contributed by atoms with Gasteiger partial charge in [0.1, 0.15) is 5.75 Å². The molecule has 0 unspecified atom stereocenters. The largest absolute Gasteiger partial charge is 0.497 e. The molecule has 0 radical (unpaired) electrons. The number of rotatable bonds is 5. The van der Waals surface area contributed by atoms with E-state index in [1.165, 1.54) is 0 Å². The first kappa shape index (κ1) is 12.9. The van der Waals surface area contributed by atoms with Gasteiger partial charge in [-0.05, 0) is 37.1 Å². The van der Waals surface area contributed by atoms with Crippen molar-refractivity contribution in [2.45, 2.75) is 25.3 Å². The molecular weight excluding hydrogens is 228 g/mol. The van der Waals surface area contributed by atoms with Gasteiger partial charge in [0.25, 0.3) is 0 Å². The standard InChI is InChI=1S/C14H20N2O2/c1-18-13-5-2-11(3-6-13)4-7-14(17)16-12-8-9-15-10-12/h2-3,5-6,12,15H,4,7-10H2,1H3,(H,16,17)/t12-/m0/s1. The van der Waals surface area contributed by atoms with E-state index in [0.29, 0.717) is 12.5 Å². The maximum atomic E-state index is 11.7. The maximum Gasteiger partial charge on any atom is 0.220 e. The summed E-state index contributed by atoms with van der Waals surface area (Å²) in [4.78, 5) is 11.7. The Morgan fingerprint density at radius 2 is 2.22 bits per heavy atom. The van der Waals surface area contributed by atoms with E-state index in [2.05, 4.69) is 10.6 Å². The second-order valence-corrected chi connectivity index (χ2v) is 4.61. The van der Waals surface area contributed by atoms with Gasteiger partial charge in [-0.25, -0.2) is 0 Å². The number of hydrogen-bond acceptors (Lipinski definition) is 3. The minimum absolute atomic E-state index is 0.138. The van der Waals surface area contributed by atoms with Crippen LogP contribution in [0.2, 0.25) is 0 Å². The SMILES string of the molecule is COc1ccc(CCC(=O)N[C@H]2CCNC2)cc1. The number of nitrogens with one attached hydrogen (secondary N) is 2. The third-order valence-corrected chi connectivity index (χ3v) is 3.23. The first-order valence-electron chi connectivity index (χ1n) is 6.41. The molecule has 0 bridgehead atoms. The summed E-state index contributed by atoms with van der Waals surface area (Å²) in [6.07, 6.45) is 2.35. The molecule has 1 aliphatic heterocycles. The quantitative estimate of drug-likeness (QED) is 0.820. The van der Waals surface area contributed by atoms with E-state index in [1.54, 1.807) is 7.11 Å². The highest BCUT2D eigenvalue weighted by Crippen LogP contribution is 2.12. The summed E-state index contributed by atoms with van der Waals surface area (Å²) < 4.78 is 5.10. The molecule has 4 heteroatoms. The fourth-order valence-corrected chi connectivity index (χ4v) is 2.13. The highest BCUT2D eigenvalue weighted by molar-refractivity contribution is 5.76. The van der Waals surface area contributed by atoms with Crippen molar-refractivity contribution in [3.05, 3.63) is 29.8 Å². The fraction of sp³-hybridized carbons (Fsp3) is 0.500. The molecule has 0 aliphatic carbocycles. The topological polar surface area (TPSA) is 50.4 Å². The lowest BCUT2D eigenvalue weighted by atomic mass is 10.1. The summed E-state index contributed by atoms with van der Waals surface area (Å²) in [6, 6.07) is 8.17. The van der Waals surface area contributed by atoms with Crippen LogP contribution in [0.25, 0.3) is 0 Å². The van der Waals surface area contributed by atoms with Crippen molar-refractivity contribution in [3.8, 4) is 5.75 Å². The molecule has 2 rings (SSSR count). The first-order chi connectivity index (χ1) is 8.78. The molecule has 1 aromatic rings. The summed E-state index contributed by atoms with van der Waals surface area (Å²) in [6.45, 7) is 1.90. The van der Waals surface area contributed by atoms with E-state index in [1.807, 2.05) is 24.3 Å². The van der Waals surface area contributed by atoms with Crippen molar-refractivity contribution in [3.63, 3.8) is 0 Å². The first-order valence-corrected chi connectivity index (χ1v) is 6.41. The molecule has 0 saturated carbocycles. The van der Waals surface area contributed by atoms with Crippen LogP contribution < -0.4 is 15.4 Å². The Morgan fingerprint density at radius 1 is 1.44 bits per heavy atom. The lowest BCUT2D eigenvalue weighted by Crippen LogP contribution is -2.36. The third-order valence-electron chi connectivity index (χ3n) is 3.23. The number of aryl methyl sites for hydroxylation is 1. The zero-order valence-electron chi connectivity index (χ0n) is 10.7. The molecule has 1 amide bonds. The average Bonchev–Trinajstić information content (AvgIpc) is 2.90. The summed E-state index contributed by atoms with van der Waals surface area (Å²) in [7, 11) is 1.65. The average molecular weight is 248 g/mol. The van der Waals surface area contributed by atoms with Crippen LogP contribution in [0.5, 0.6) is 5.75 Å². The summed E-state index contributed by atoms with van der Waals surface area (Å²) in [5.74, 6) is 0.986. The molecule has 1 heterocycles. The van der Waals surface area contributed by atoms with Crippen molar-refractivity contribution in [2.75, 3.05) is 20.2 Å². The lowest BCUT2D eigenvalue weighted by molar-refractivity contribution is -0.121. The van der Waals surface area contributed by atoms with Crippen LogP contribution in [0.4, 0.5) is 0 Å². The van der Waals surface area contributed by atoms with Crippen molar-refractivity contribution in [1.82, 2.24) is 10.6 Å². The van der Waals surface area contributed by atoms with Gasteiger partial charge in [-0.1, -0.05) is 12.1 Å². The summed E-state index contributed by atoms with van der Waals surface area (Å²) >= 11 is 0. The Labute approximate surface area is 108 Å². The predicted molar refractivity (Wildman–Crippen MR) is 70.7 cm³/mol. The second kappa shape index (κ2) is 6.40. The molecule has 1 fully saturated rings. The molecule has 18 heavy (non-hydrogen) atoms. The van der Waals surface area contributed by atoms with Gasteiger partial charge in [0.15, 0.2) is 0 Å². The van der Waals surface area contributed by atoms with Crippen LogP contribution in [-0.4, -0.2) is 32.1 Å². The van der Waals surface area contributed by atoms with Crippen LogP contribution in [0.3, 0.4) is 0 Å². The molecule has 1 aliphatic rings. The van der Waals surface area contributed by atoms with Gasteiger partial charge in [0.05, 0.1) is 7.11 Å². The smallest absolute Gasteiger partial charge is 0.220 e. The summed E-state index contributed by atoms with van der Waals surface area (Å²) in [5.41, 5.74) is 1.16. The van der Waals surface area contributed by atoms with E-state index in [-0.39, 0.29) is 5.91 Å². The fourth-order valence-electron chi connectivity index (χ4n) is 2.13. The molecule has 1 saturated heterocycles.